The van der Waals surface area contributed by atoms with E-state index in [0.29, 0.717) is 36.7 Å². The van der Waals surface area contributed by atoms with Crippen molar-refractivity contribution < 1.29 is 22.7 Å². The zero-order valence-electron chi connectivity index (χ0n) is 13.7. The number of pyridine rings is 1. The molecule has 0 aliphatic heterocycles. The topological polar surface area (TPSA) is 63.2 Å². The summed E-state index contributed by atoms with van der Waals surface area (Å²) in [6.45, 7) is 2.17. The van der Waals surface area contributed by atoms with Gasteiger partial charge >= 0.3 is 12.3 Å². The lowest BCUT2D eigenvalue weighted by Gasteiger charge is -2.17. The summed E-state index contributed by atoms with van der Waals surface area (Å²) in [4.78, 5) is 14.7. The highest BCUT2D eigenvalue weighted by Crippen LogP contribution is 2.31. The summed E-state index contributed by atoms with van der Waals surface area (Å²) in [7, 11) is 1.25. The number of alkyl carbamates (subject to hydrolysis) is 1. The van der Waals surface area contributed by atoms with E-state index in [-0.39, 0.29) is 6.04 Å². The number of alkyl halides is 3. The molecule has 1 heterocycles. The van der Waals surface area contributed by atoms with Gasteiger partial charge in [0, 0.05) is 24.3 Å². The molecule has 0 radical (unpaired) electrons. The molecule has 0 unspecified atom stereocenters. The van der Waals surface area contributed by atoms with E-state index >= 15 is 0 Å². The van der Waals surface area contributed by atoms with E-state index in [1.807, 2.05) is 6.92 Å². The first-order valence-electron chi connectivity index (χ1n) is 7.95. The molecule has 2 rings (SSSR count). The van der Waals surface area contributed by atoms with Gasteiger partial charge in [0.25, 0.3) is 0 Å². The predicted octanol–water partition coefficient (Wildman–Crippen LogP) is 3.20. The van der Waals surface area contributed by atoms with Crippen LogP contribution in [0.3, 0.4) is 0 Å². The summed E-state index contributed by atoms with van der Waals surface area (Å²) in [6.07, 6.45) is -2.09. The minimum atomic E-state index is -4.48. The van der Waals surface area contributed by atoms with E-state index in [4.69, 9.17) is 0 Å². The van der Waals surface area contributed by atoms with Crippen LogP contribution < -0.4 is 10.6 Å². The lowest BCUT2D eigenvalue weighted by atomic mass is 10.0. The number of halogens is 3. The first-order valence-corrected chi connectivity index (χ1v) is 7.95. The fraction of sp³-hybridized carbons (Fsp3) is 0.625. The fourth-order valence-corrected chi connectivity index (χ4v) is 2.37. The maximum absolute atomic E-state index is 13.1. The number of carbonyl (C=O) groups excluding carboxylic acids is 1. The molecule has 0 bridgehead atoms. The Morgan fingerprint density at radius 2 is 2.12 bits per heavy atom. The summed E-state index contributed by atoms with van der Waals surface area (Å²) in [5.41, 5.74) is 0.0801. The van der Waals surface area contributed by atoms with Crippen LogP contribution in [0.2, 0.25) is 0 Å². The predicted molar refractivity (Wildman–Crippen MR) is 82.5 cm³/mol. The minimum absolute atomic E-state index is 0.159. The number of carbonyl (C=O) groups is 1. The summed E-state index contributed by atoms with van der Waals surface area (Å²) in [5, 5.41) is 5.79. The van der Waals surface area contributed by atoms with Gasteiger partial charge in [-0.2, -0.15) is 13.2 Å². The number of methoxy groups -OCH3 is 1. The first kappa shape index (κ1) is 18.5. The van der Waals surface area contributed by atoms with Gasteiger partial charge in [0.15, 0.2) is 0 Å². The molecule has 2 N–H and O–H groups in total. The van der Waals surface area contributed by atoms with Crippen molar-refractivity contribution in [3.63, 3.8) is 0 Å². The molecule has 1 aromatic heterocycles. The normalized spacial score (nSPS) is 15.9. The lowest BCUT2D eigenvalue weighted by Crippen LogP contribution is -2.24. The quantitative estimate of drug-likeness (QED) is 0.745. The molecule has 134 valence electrons. The van der Waals surface area contributed by atoms with E-state index in [2.05, 4.69) is 20.4 Å². The van der Waals surface area contributed by atoms with Crippen LogP contribution in [0.15, 0.2) is 12.1 Å². The molecule has 24 heavy (non-hydrogen) atoms. The van der Waals surface area contributed by atoms with Gasteiger partial charge in [-0.15, -0.1) is 0 Å². The third kappa shape index (κ3) is 5.67. The van der Waals surface area contributed by atoms with Crippen LogP contribution in [-0.2, 0) is 17.3 Å². The highest BCUT2D eigenvalue weighted by atomic mass is 19.4. The van der Waals surface area contributed by atoms with Crippen molar-refractivity contribution in [1.29, 1.82) is 0 Å². The zero-order valence-corrected chi connectivity index (χ0v) is 13.7. The molecule has 8 heteroatoms. The molecular formula is C16H22F3N3O2. The monoisotopic (exact) mass is 345 g/mol. The fourth-order valence-electron chi connectivity index (χ4n) is 2.37. The number of hydrogen-bond donors (Lipinski definition) is 2. The van der Waals surface area contributed by atoms with Crippen LogP contribution in [0, 0.1) is 0 Å². The second kappa shape index (κ2) is 7.83. The van der Waals surface area contributed by atoms with E-state index in [0.717, 1.165) is 18.9 Å². The van der Waals surface area contributed by atoms with Crippen LogP contribution in [0.5, 0.6) is 0 Å². The number of aromatic nitrogens is 1. The number of aryl methyl sites for hydroxylation is 1. The average Bonchev–Trinajstić information content (AvgIpc) is 3.34. The molecule has 0 aromatic carbocycles. The van der Waals surface area contributed by atoms with Gasteiger partial charge in [-0.1, -0.05) is 0 Å². The van der Waals surface area contributed by atoms with Crippen LogP contribution >= 0.6 is 0 Å². The van der Waals surface area contributed by atoms with Crippen LogP contribution in [0.25, 0.3) is 0 Å². The van der Waals surface area contributed by atoms with Gasteiger partial charge in [-0.05, 0) is 50.3 Å². The highest BCUT2D eigenvalue weighted by molar-refractivity contribution is 5.66. The van der Waals surface area contributed by atoms with Gasteiger partial charge in [-0.25, -0.2) is 9.78 Å². The number of nitrogens with one attached hydrogen (secondary N) is 2. The Labute approximate surface area is 139 Å². The van der Waals surface area contributed by atoms with Crippen molar-refractivity contribution in [2.45, 2.75) is 50.9 Å². The molecule has 0 saturated heterocycles. The van der Waals surface area contributed by atoms with Crippen molar-refractivity contribution in [2.75, 3.05) is 13.7 Å². The van der Waals surface area contributed by atoms with Crippen LogP contribution in [-0.4, -0.2) is 30.8 Å². The number of amides is 1. The molecule has 1 aromatic rings. The molecule has 1 amide bonds. The van der Waals surface area contributed by atoms with Gasteiger partial charge in [0.1, 0.15) is 5.69 Å². The van der Waals surface area contributed by atoms with E-state index in [1.165, 1.54) is 7.11 Å². The Hall–Kier alpha value is -1.83. The SMILES string of the molecule is COC(=O)NCCCc1cc([C@@H](C)NC2CC2)cc(C(F)(F)F)n1. The Morgan fingerprint density at radius 3 is 2.71 bits per heavy atom. The van der Waals surface area contributed by atoms with E-state index in [9.17, 15) is 18.0 Å². The third-order valence-electron chi connectivity index (χ3n) is 3.82. The third-order valence-corrected chi connectivity index (χ3v) is 3.82. The lowest BCUT2D eigenvalue weighted by molar-refractivity contribution is -0.141. The summed E-state index contributed by atoms with van der Waals surface area (Å²) in [5.74, 6) is 0. The Morgan fingerprint density at radius 1 is 1.42 bits per heavy atom. The molecular weight excluding hydrogens is 323 g/mol. The Balaban J connectivity index is 2.06. The molecule has 1 saturated carbocycles. The first-order chi connectivity index (χ1) is 11.3. The summed E-state index contributed by atoms with van der Waals surface area (Å²) < 4.78 is 43.6. The minimum Gasteiger partial charge on any atom is -0.453 e. The van der Waals surface area contributed by atoms with Gasteiger partial charge in [-0.3, -0.25) is 0 Å². The number of nitrogens with zero attached hydrogens (tertiary/aromatic N) is 1. The second-order valence-electron chi connectivity index (χ2n) is 5.96. The van der Waals surface area contributed by atoms with Crippen molar-refractivity contribution in [1.82, 2.24) is 15.6 Å². The maximum Gasteiger partial charge on any atom is 0.433 e. The van der Waals surface area contributed by atoms with E-state index in [1.54, 1.807) is 6.07 Å². The van der Waals surface area contributed by atoms with Crippen LogP contribution in [0.4, 0.5) is 18.0 Å². The standard InChI is InChI=1S/C16H22F3N3O2/c1-10(21-12-5-6-12)11-8-13(4-3-7-20-15(23)24-2)22-14(9-11)16(17,18)19/h8-10,12,21H,3-7H2,1-2H3,(H,20,23)/t10-/m1/s1. The molecule has 0 spiro atoms. The molecule has 5 nitrogen and oxygen atoms in total. The summed E-state index contributed by atoms with van der Waals surface area (Å²) in [6, 6.07) is 3.05. The molecule has 1 fully saturated rings. The Kier molecular flexibility index (Phi) is 6.04. The van der Waals surface area contributed by atoms with Crippen molar-refractivity contribution in [3.05, 3.63) is 29.1 Å². The molecule has 1 aliphatic rings. The second-order valence-corrected chi connectivity index (χ2v) is 5.96. The maximum atomic E-state index is 13.1. The number of hydrogen-bond acceptors (Lipinski definition) is 4. The summed E-state index contributed by atoms with van der Waals surface area (Å²) >= 11 is 0. The van der Waals surface area contributed by atoms with E-state index < -0.39 is 18.0 Å². The van der Waals surface area contributed by atoms with Crippen molar-refractivity contribution in [3.8, 4) is 0 Å². The Bertz CT molecular complexity index is 574. The smallest absolute Gasteiger partial charge is 0.433 e. The largest absolute Gasteiger partial charge is 0.453 e. The highest BCUT2D eigenvalue weighted by Gasteiger charge is 2.34. The molecule has 1 aliphatic carbocycles. The average molecular weight is 345 g/mol. The van der Waals surface area contributed by atoms with Gasteiger partial charge in [0.05, 0.1) is 7.11 Å². The van der Waals surface area contributed by atoms with Gasteiger partial charge in [0.2, 0.25) is 0 Å². The number of ether oxygens (including phenoxy) is 1. The zero-order chi connectivity index (χ0) is 17.7. The van der Waals surface area contributed by atoms with Crippen molar-refractivity contribution >= 4 is 6.09 Å². The van der Waals surface area contributed by atoms with Crippen molar-refractivity contribution in [2.24, 2.45) is 0 Å². The van der Waals surface area contributed by atoms with Crippen LogP contribution in [0.1, 0.15) is 49.2 Å². The number of rotatable bonds is 7. The molecule has 1 atom stereocenters. The van der Waals surface area contributed by atoms with Gasteiger partial charge < -0.3 is 15.4 Å².